The highest BCUT2D eigenvalue weighted by Crippen LogP contribution is 2.10. The standard InChI is InChI=1S/C10H16N6O/c1-6(2)7(4-11)13-8-3-9-14-15-10(17)16(9)5-12-8/h3,5-7,13H,4,11H2,1-2H3,(H,15,17). The Morgan fingerprint density at radius 1 is 1.59 bits per heavy atom. The highest BCUT2D eigenvalue weighted by molar-refractivity contribution is 5.48. The second kappa shape index (κ2) is 4.54. The van der Waals surface area contributed by atoms with Gasteiger partial charge in [-0.3, -0.25) is 0 Å². The topological polar surface area (TPSA) is 101 Å². The van der Waals surface area contributed by atoms with Crippen LogP contribution in [-0.4, -0.2) is 32.2 Å². The van der Waals surface area contributed by atoms with Crippen LogP contribution in [0.5, 0.6) is 0 Å². The van der Waals surface area contributed by atoms with Gasteiger partial charge >= 0.3 is 5.69 Å². The zero-order valence-electron chi connectivity index (χ0n) is 9.84. The van der Waals surface area contributed by atoms with E-state index in [4.69, 9.17) is 5.73 Å². The summed E-state index contributed by atoms with van der Waals surface area (Å²) in [5.41, 5.74) is 5.91. The lowest BCUT2D eigenvalue weighted by Crippen LogP contribution is -2.34. The van der Waals surface area contributed by atoms with E-state index in [-0.39, 0.29) is 11.7 Å². The molecule has 2 aromatic heterocycles. The molecule has 0 saturated carbocycles. The molecule has 2 heterocycles. The van der Waals surface area contributed by atoms with Crippen LogP contribution in [-0.2, 0) is 0 Å². The molecule has 1 unspecified atom stereocenters. The third-order valence-corrected chi connectivity index (χ3v) is 2.70. The molecule has 92 valence electrons. The van der Waals surface area contributed by atoms with Gasteiger partial charge in [0.05, 0.1) is 0 Å². The van der Waals surface area contributed by atoms with E-state index >= 15 is 0 Å². The number of fused-ring (bicyclic) bond motifs is 1. The number of anilines is 1. The van der Waals surface area contributed by atoms with Crippen LogP contribution in [0.4, 0.5) is 5.82 Å². The summed E-state index contributed by atoms with van der Waals surface area (Å²) < 4.78 is 1.35. The third-order valence-electron chi connectivity index (χ3n) is 2.70. The number of nitrogens with two attached hydrogens (primary N) is 1. The molecule has 0 amide bonds. The molecule has 0 aromatic carbocycles. The van der Waals surface area contributed by atoms with Crippen LogP contribution in [0.2, 0.25) is 0 Å². The quantitative estimate of drug-likeness (QED) is 0.683. The fourth-order valence-corrected chi connectivity index (χ4v) is 1.58. The number of hydrogen-bond acceptors (Lipinski definition) is 5. The minimum absolute atomic E-state index is 0.149. The molecule has 4 N–H and O–H groups in total. The van der Waals surface area contributed by atoms with Crippen LogP contribution < -0.4 is 16.7 Å². The second-order valence-electron chi connectivity index (χ2n) is 4.26. The van der Waals surface area contributed by atoms with Crippen LogP contribution in [0, 0.1) is 5.92 Å². The van der Waals surface area contributed by atoms with Crippen molar-refractivity contribution in [2.45, 2.75) is 19.9 Å². The summed E-state index contributed by atoms with van der Waals surface area (Å²) in [5.74, 6) is 1.07. The van der Waals surface area contributed by atoms with Crippen LogP contribution in [0.25, 0.3) is 5.65 Å². The average Bonchev–Trinajstić information content (AvgIpc) is 2.67. The van der Waals surface area contributed by atoms with Crippen molar-refractivity contribution < 1.29 is 0 Å². The third kappa shape index (κ3) is 2.28. The van der Waals surface area contributed by atoms with Crippen molar-refractivity contribution in [3.05, 3.63) is 22.9 Å². The fourth-order valence-electron chi connectivity index (χ4n) is 1.58. The molecule has 7 nitrogen and oxygen atoms in total. The van der Waals surface area contributed by atoms with Gasteiger partial charge in [-0.1, -0.05) is 13.8 Å². The first-order valence-corrected chi connectivity index (χ1v) is 5.51. The van der Waals surface area contributed by atoms with Crippen molar-refractivity contribution >= 4 is 11.5 Å². The van der Waals surface area contributed by atoms with Crippen LogP contribution >= 0.6 is 0 Å². The largest absolute Gasteiger partial charge is 0.366 e. The predicted molar refractivity (Wildman–Crippen MR) is 64.9 cm³/mol. The number of nitrogens with one attached hydrogen (secondary N) is 2. The normalized spacial score (nSPS) is 13.2. The fraction of sp³-hybridized carbons (Fsp3) is 0.500. The Morgan fingerprint density at radius 2 is 2.35 bits per heavy atom. The van der Waals surface area contributed by atoms with E-state index in [0.717, 1.165) is 0 Å². The lowest BCUT2D eigenvalue weighted by molar-refractivity contribution is 0.530. The van der Waals surface area contributed by atoms with E-state index in [1.54, 1.807) is 6.07 Å². The summed E-state index contributed by atoms with van der Waals surface area (Å²) in [4.78, 5) is 15.4. The predicted octanol–water partition coefficient (Wildman–Crippen LogP) is -0.187. The zero-order chi connectivity index (χ0) is 12.4. The second-order valence-corrected chi connectivity index (χ2v) is 4.26. The van der Waals surface area contributed by atoms with Crippen molar-refractivity contribution in [3.8, 4) is 0 Å². The summed E-state index contributed by atoms with van der Waals surface area (Å²) in [7, 11) is 0. The molecule has 0 aliphatic carbocycles. The van der Waals surface area contributed by atoms with Crippen molar-refractivity contribution in [3.63, 3.8) is 0 Å². The monoisotopic (exact) mass is 236 g/mol. The molecule has 0 bridgehead atoms. The number of nitrogens with zero attached hydrogens (tertiary/aromatic N) is 3. The number of H-pyrrole nitrogens is 1. The minimum Gasteiger partial charge on any atom is -0.366 e. The Balaban J connectivity index is 2.27. The van der Waals surface area contributed by atoms with Crippen LogP contribution in [0.15, 0.2) is 17.2 Å². The Morgan fingerprint density at radius 3 is 3.00 bits per heavy atom. The van der Waals surface area contributed by atoms with Gasteiger partial charge in [-0.2, -0.15) is 5.10 Å². The molecule has 7 heteroatoms. The first kappa shape index (κ1) is 11.6. The van der Waals surface area contributed by atoms with Crippen LogP contribution in [0.3, 0.4) is 0 Å². The maximum Gasteiger partial charge on any atom is 0.348 e. The molecular weight excluding hydrogens is 220 g/mol. The first-order chi connectivity index (χ1) is 8.11. The SMILES string of the molecule is CC(C)C(CN)Nc1cc2n[nH]c(=O)n2cn1. The van der Waals surface area contributed by atoms with E-state index in [0.29, 0.717) is 23.9 Å². The summed E-state index contributed by atoms with van der Waals surface area (Å²) >= 11 is 0. The molecule has 0 fully saturated rings. The smallest absolute Gasteiger partial charge is 0.348 e. The highest BCUT2D eigenvalue weighted by Gasteiger charge is 2.12. The molecule has 0 aliphatic heterocycles. The number of aromatic amines is 1. The van der Waals surface area contributed by atoms with Crippen LogP contribution in [0.1, 0.15) is 13.8 Å². The molecule has 2 rings (SSSR count). The van der Waals surface area contributed by atoms with E-state index < -0.39 is 0 Å². The van der Waals surface area contributed by atoms with Gasteiger partial charge in [0, 0.05) is 18.7 Å². The summed E-state index contributed by atoms with van der Waals surface area (Å²) in [6, 6.07) is 1.86. The molecule has 1 atom stereocenters. The van der Waals surface area contributed by atoms with Gasteiger partial charge in [0.2, 0.25) is 0 Å². The van der Waals surface area contributed by atoms with Crippen molar-refractivity contribution in [2.75, 3.05) is 11.9 Å². The number of hydrogen-bond donors (Lipinski definition) is 3. The van der Waals surface area contributed by atoms with Crippen molar-refractivity contribution in [1.82, 2.24) is 19.6 Å². The van der Waals surface area contributed by atoms with Gasteiger partial charge in [-0.15, -0.1) is 0 Å². The van der Waals surface area contributed by atoms with Gasteiger partial charge in [0.15, 0.2) is 5.65 Å². The minimum atomic E-state index is -0.293. The molecular formula is C10H16N6O. The summed E-state index contributed by atoms with van der Waals surface area (Å²) in [5, 5.41) is 9.45. The molecule has 0 aliphatic rings. The summed E-state index contributed by atoms with van der Waals surface area (Å²) in [6.45, 7) is 4.70. The first-order valence-electron chi connectivity index (χ1n) is 5.51. The average molecular weight is 236 g/mol. The maximum absolute atomic E-state index is 11.2. The molecule has 0 saturated heterocycles. The summed E-state index contributed by atoms with van der Waals surface area (Å²) in [6.07, 6.45) is 1.44. The van der Waals surface area contributed by atoms with E-state index in [1.165, 1.54) is 10.7 Å². The van der Waals surface area contributed by atoms with Crippen molar-refractivity contribution in [2.24, 2.45) is 11.7 Å². The van der Waals surface area contributed by atoms with E-state index in [2.05, 4.69) is 34.3 Å². The number of rotatable bonds is 4. The lowest BCUT2D eigenvalue weighted by atomic mass is 10.1. The molecule has 0 spiro atoms. The Hall–Kier alpha value is -1.89. The number of aromatic nitrogens is 4. The Labute approximate surface area is 98.1 Å². The molecule has 2 aromatic rings. The Bertz CT molecular complexity index is 557. The van der Waals surface area contributed by atoms with Gasteiger partial charge < -0.3 is 11.1 Å². The van der Waals surface area contributed by atoms with Gasteiger partial charge in [0.25, 0.3) is 0 Å². The van der Waals surface area contributed by atoms with Crippen molar-refractivity contribution in [1.29, 1.82) is 0 Å². The van der Waals surface area contributed by atoms with E-state index in [1.807, 2.05) is 0 Å². The molecule has 17 heavy (non-hydrogen) atoms. The van der Waals surface area contributed by atoms with Gasteiger partial charge in [-0.05, 0) is 5.92 Å². The Kier molecular flexibility index (Phi) is 3.10. The zero-order valence-corrected chi connectivity index (χ0v) is 9.84. The molecule has 0 radical (unpaired) electrons. The van der Waals surface area contributed by atoms with E-state index in [9.17, 15) is 4.79 Å². The lowest BCUT2D eigenvalue weighted by Gasteiger charge is -2.20. The maximum atomic E-state index is 11.2. The highest BCUT2D eigenvalue weighted by atomic mass is 16.1. The van der Waals surface area contributed by atoms with Gasteiger partial charge in [0.1, 0.15) is 12.1 Å². The van der Waals surface area contributed by atoms with Gasteiger partial charge in [-0.25, -0.2) is 19.3 Å².